The zero-order chi connectivity index (χ0) is 22.5. The standard InChI is InChI=1S/C28H30N2O2/c1-30(24-15-9-4-10-16-24)19-23-17-22(27(31)20-11-5-2-6-12-20)18-25(26(23)29)28(32)21-13-7-3-8-14-21/h2-3,5-8,11-14,17-18,24H,4,9-10,15-16,19,29H2,1H3. The van der Waals surface area contributed by atoms with Crippen LogP contribution in [0, 0.1) is 0 Å². The van der Waals surface area contributed by atoms with Gasteiger partial charge in [-0.3, -0.25) is 14.5 Å². The lowest BCUT2D eigenvalue weighted by atomic mass is 9.91. The molecule has 1 saturated carbocycles. The Hall–Kier alpha value is -3.24. The molecular formula is C28H30N2O2. The number of carbonyl (C=O) groups excluding carboxylic acids is 2. The van der Waals surface area contributed by atoms with Gasteiger partial charge >= 0.3 is 0 Å². The molecule has 0 unspecified atom stereocenters. The van der Waals surface area contributed by atoms with Gasteiger partial charge < -0.3 is 5.73 Å². The highest BCUT2D eigenvalue weighted by molar-refractivity contribution is 6.15. The average molecular weight is 427 g/mol. The van der Waals surface area contributed by atoms with Crippen LogP contribution >= 0.6 is 0 Å². The van der Waals surface area contributed by atoms with Crippen molar-refractivity contribution >= 4 is 17.3 Å². The fraction of sp³-hybridized carbons (Fsp3) is 0.286. The van der Waals surface area contributed by atoms with Gasteiger partial charge in [0.15, 0.2) is 11.6 Å². The van der Waals surface area contributed by atoms with Gasteiger partial charge in [0.05, 0.1) is 0 Å². The lowest BCUT2D eigenvalue weighted by molar-refractivity contribution is 0.103. The molecule has 0 atom stereocenters. The van der Waals surface area contributed by atoms with E-state index in [0.29, 0.717) is 40.5 Å². The smallest absolute Gasteiger partial charge is 0.195 e. The van der Waals surface area contributed by atoms with Crippen LogP contribution in [-0.4, -0.2) is 29.6 Å². The maximum atomic E-state index is 13.3. The summed E-state index contributed by atoms with van der Waals surface area (Å²) in [5.41, 5.74) is 9.90. The summed E-state index contributed by atoms with van der Waals surface area (Å²) in [6.45, 7) is 0.613. The second kappa shape index (κ2) is 9.92. The summed E-state index contributed by atoms with van der Waals surface area (Å²) >= 11 is 0. The van der Waals surface area contributed by atoms with Crippen molar-refractivity contribution in [3.8, 4) is 0 Å². The van der Waals surface area contributed by atoms with Crippen LogP contribution in [0.25, 0.3) is 0 Å². The van der Waals surface area contributed by atoms with E-state index in [1.165, 1.54) is 32.1 Å². The molecule has 3 aromatic carbocycles. The highest BCUT2D eigenvalue weighted by Crippen LogP contribution is 2.28. The lowest BCUT2D eigenvalue weighted by Gasteiger charge is -2.31. The Bertz CT molecular complexity index is 1090. The Morgan fingerprint density at radius 2 is 1.38 bits per heavy atom. The molecule has 4 rings (SSSR count). The van der Waals surface area contributed by atoms with Crippen molar-refractivity contribution in [1.82, 2.24) is 4.90 Å². The van der Waals surface area contributed by atoms with Gasteiger partial charge in [-0.05, 0) is 37.6 Å². The first-order chi connectivity index (χ1) is 15.5. The van der Waals surface area contributed by atoms with Crippen LogP contribution in [-0.2, 0) is 6.54 Å². The molecule has 2 N–H and O–H groups in total. The molecule has 0 amide bonds. The molecule has 4 nitrogen and oxygen atoms in total. The molecule has 0 bridgehead atoms. The van der Waals surface area contributed by atoms with E-state index in [4.69, 9.17) is 5.73 Å². The van der Waals surface area contributed by atoms with Gasteiger partial charge in [0.1, 0.15) is 0 Å². The molecular weight excluding hydrogens is 396 g/mol. The van der Waals surface area contributed by atoms with E-state index in [-0.39, 0.29) is 11.6 Å². The summed E-state index contributed by atoms with van der Waals surface area (Å²) in [6.07, 6.45) is 6.14. The summed E-state index contributed by atoms with van der Waals surface area (Å²) in [4.78, 5) is 28.9. The van der Waals surface area contributed by atoms with Gasteiger partial charge in [-0.1, -0.05) is 79.9 Å². The van der Waals surface area contributed by atoms with E-state index in [2.05, 4.69) is 11.9 Å². The van der Waals surface area contributed by atoms with E-state index in [1.807, 2.05) is 42.5 Å². The van der Waals surface area contributed by atoms with E-state index in [9.17, 15) is 9.59 Å². The second-order valence-corrected chi connectivity index (χ2v) is 8.69. The minimum Gasteiger partial charge on any atom is -0.398 e. The highest BCUT2D eigenvalue weighted by Gasteiger charge is 2.23. The number of nitrogen functional groups attached to an aromatic ring is 1. The molecule has 4 heteroatoms. The van der Waals surface area contributed by atoms with Crippen molar-refractivity contribution in [2.75, 3.05) is 12.8 Å². The van der Waals surface area contributed by atoms with Crippen LogP contribution in [0.3, 0.4) is 0 Å². The van der Waals surface area contributed by atoms with Crippen LogP contribution < -0.4 is 5.73 Å². The van der Waals surface area contributed by atoms with Crippen LogP contribution in [0.5, 0.6) is 0 Å². The van der Waals surface area contributed by atoms with Crippen molar-refractivity contribution in [2.45, 2.75) is 44.7 Å². The number of hydrogen-bond acceptors (Lipinski definition) is 4. The minimum absolute atomic E-state index is 0.103. The fourth-order valence-electron chi connectivity index (χ4n) is 4.58. The van der Waals surface area contributed by atoms with Crippen molar-refractivity contribution in [1.29, 1.82) is 0 Å². The van der Waals surface area contributed by atoms with Crippen molar-refractivity contribution in [3.05, 3.63) is 101 Å². The number of carbonyl (C=O) groups is 2. The topological polar surface area (TPSA) is 63.4 Å². The molecule has 0 aliphatic heterocycles. The maximum Gasteiger partial charge on any atom is 0.195 e. The molecule has 0 heterocycles. The van der Waals surface area contributed by atoms with Gasteiger partial charge in [0.25, 0.3) is 0 Å². The van der Waals surface area contributed by atoms with Crippen molar-refractivity contribution < 1.29 is 9.59 Å². The summed E-state index contributed by atoms with van der Waals surface area (Å²) in [5.74, 6) is -0.262. The van der Waals surface area contributed by atoms with Gasteiger partial charge in [0.2, 0.25) is 0 Å². The Kier molecular flexibility index (Phi) is 6.81. The number of nitrogens with zero attached hydrogens (tertiary/aromatic N) is 1. The van der Waals surface area contributed by atoms with Crippen molar-refractivity contribution in [2.24, 2.45) is 0 Å². The average Bonchev–Trinajstić information content (AvgIpc) is 2.86. The molecule has 1 aliphatic rings. The van der Waals surface area contributed by atoms with E-state index >= 15 is 0 Å². The summed E-state index contributed by atoms with van der Waals surface area (Å²) in [7, 11) is 2.11. The molecule has 1 aliphatic carbocycles. The number of rotatable bonds is 7. The van der Waals surface area contributed by atoms with E-state index in [0.717, 1.165) is 5.56 Å². The van der Waals surface area contributed by atoms with Gasteiger partial charge in [-0.15, -0.1) is 0 Å². The number of ketones is 2. The normalized spacial score (nSPS) is 14.4. The Morgan fingerprint density at radius 3 is 1.97 bits per heavy atom. The van der Waals surface area contributed by atoms with Gasteiger partial charge in [-0.2, -0.15) is 0 Å². The van der Waals surface area contributed by atoms with Crippen LogP contribution in [0.4, 0.5) is 5.69 Å². The first-order valence-electron chi connectivity index (χ1n) is 11.4. The molecule has 1 fully saturated rings. The molecule has 3 aromatic rings. The molecule has 0 aromatic heterocycles. The molecule has 0 spiro atoms. The number of benzene rings is 3. The molecule has 164 valence electrons. The third-order valence-corrected chi connectivity index (χ3v) is 6.46. The molecule has 0 saturated heterocycles. The number of anilines is 1. The monoisotopic (exact) mass is 426 g/mol. The fourth-order valence-corrected chi connectivity index (χ4v) is 4.58. The SMILES string of the molecule is CN(Cc1cc(C(=O)c2ccccc2)cc(C(=O)c2ccccc2)c1N)C1CCCCC1. The Labute approximate surface area is 190 Å². The third-order valence-electron chi connectivity index (χ3n) is 6.46. The molecule has 0 radical (unpaired) electrons. The second-order valence-electron chi connectivity index (χ2n) is 8.69. The van der Waals surface area contributed by atoms with Gasteiger partial charge in [0, 0.05) is 40.5 Å². The van der Waals surface area contributed by atoms with E-state index in [1.54, 1.807) is 30.3 Å². The highest BCUT2D eigenvalue weighted by atomic mass is 16.1. The molecule has 32 heavy (non-hydrogen) atoms. The summed E-state index contributed by atoms with van der Waals surface area (Å²) < 4.78 is 0. The largest absolute Gasteiger partial charge is 0.398 e. The zero-order valence-electron chi connectivity index (χ0n) is 18.6. The van der Waals surface area contributed by atoms with Crippen LogP contribution in [0.1, 0.15) is 69.5 Å². The van der Waals surface area contributed by atoms with Crippen LogP contribution in [0.15, 0.2) is 72.8 Å². The number of nitrogens with two attached hydrogens (primary N) is 1. The Morgan fingerprint density at radius 1 is 0.812 bits per heavy atom. The number of hydrogen-bond donors (Lipinski definition) is 1. The predicted octanol–water partition coefficient (Wildman–Crippen LogP) is 5.50. The minimum atomic E-state index is -0.160. The maximum absolute atomic E-state index is 13.3. The first kappa shape index (κ1) is 22.0. The lowest BCUT2D eigenvalue weighted by Crippen LogP contribution is -2.33. The van der Waals surface area contributed by atoms with Crippen molar-refractivity contribution in [3.63, 3.8) is 0 Å². The quantitative estimate of drug-likeness (QED) is 0.400. The summed E-state index contributed by atoms with van der Waals surface area (Å²) in [5, 5.41) is 0. The summed E-state index contributed by atoms with van der Waals surface area (Å²) in [6, 6.07) is 22.3. The third kappa shape index (κ3) is 4.81. The predicted molar refractivity (Wildman–Crippen MR) is 129 cm³/mol. The first-order valence-corrected chi connectivity index (χ1v) is 11.4. The van der Waals surface area contributed by atoms with Gasteiger partial charge in [-0.25, -0.2) is 0 Å². The zero-order valence-corrected chi connectivity index (χ0v) is 18.6. The Balaban J connectivity index is 1.74. The van der Waals surface area contributed by atoms with E-state index < -0.39 is 0 Å². The van der Waals surface area contributed by atoms with Crippen LogP contribution in [0.2, 0.25) is 0 Å².